The number of hydrogen-bond acceptors (Lipinski definition) is 5. The lowest BCUT2D eigenvalue weighted by Crippen LogP contribution is -2.45. The SMILES string of the molecule is CC.CC(=O)C1CN(c2cc(C)nc(C)n2)CCO1. The van der Waals surface area contributed by atoms with Gasteiger partial charge in [0.1, 0.15) is 17.7 Å². The molecule has 5 heteroatoms. The van der Waals surface area contributed by atoms with Gasteiger partial charge in [0.05, 0.1) is 13.2 Å². The summed E-state index contributed by atoms with van der Waals surface area (Å²) in [5.74, 6) is 1.70. The molecule has 1 aromatic heterocycles. The van der Waals surface area contributed by atoms with Crippen LogP contribution in [0.1, 0.15) is 32.3 Å². The molecule has 0 bridgehead atoms. The molecule has 106 valence electrons. The first kappa shape index (κ1) is 15.6. The molecule has 2 rings (SSSR count). The van der Waals surface area contributed by atoms with E-state index in [4.69, 9.17) is 4.74 Å². The molecule has 1 fully saturated rings. The van der Waals surface area contributed by atoms with Gasteiger partial charge in [-0.25, -0.2) is 9.97 Å². The van der Waals surface area contributed by atoms with E-state index < -0.39 is 0 Å². The van der Waals surface area contributed by atoms with Crippen LogP contribution in [0.2, 0.25) is 0 Å². The van der Waals surface area contributed by atoms with Gasteiger partial charge in [-0.15, -0.1) is 0 Å². The van der Waals surface area contributed by atoms with Crippen molar-refractivity contribution in [2.75, 3.05) is 24.6 Å². The van der Waals surface area contributed by atoms with E-state index in [2.05, 4.69) is 14.9 Å². The van der Waals surface area contributed by atoms with Crippen molar-refractivity contribution >= 4 is 11.6 Å². The van der Waals surface area contributed by atoms with Crippen LogP contribution in [0.4, 0.5) is 5.82 Å². The maximum Gasteiger partial charge on any atom is 0.160 e. The third-order valence-electron chi connectivity index (χ3n) is 2.80. The molecule has 0 radical (unpaired) electrons. The number of nitrogens with zero attached hydrogens (tertiary/aromatic N) is 3. The Morgan fingerprint density at radius 3 is 2.63 bits per heavy atom. The van der Waals surface area contributed by atoms with Gasteiger partial charge in [-0.3, -0.25) is 4.79 Å². The number of anilines is 1. The van der Waals surface area contributed by atoms with E-state index in [9.17, 15) is 4.79 Å². The third kappa shape index (κ3) is 4.28. The van der Waals surface area contributed by atoms with Crippen molar-refractivity contribution < 1.29 is 9.53 Å². The fraction of sp³-hybridized carbons (Fsp3) is 0.643. The highest BCUT2D eigenvalue weighted by Gasteiger charge is 2.24. The van der Waals surface area contributed by atoms with Crippen molar-refractivity contribution in [1.29, 1.82) is 0 Å². The van der Waals surface area contributed by atoms with Gasteiger partial charge in [-0.2, -0.15) is 0 Å². The lowest BCUT2D eigenvalue weighted by Gasteiger charge is -2.32. The second-order valence-electron chi connectivity index (χ2n) is 4.33. The fourth-order valence-electron chi connectivity index (χ4n) is 1.96. The summed E-state index contributed by atoms with van der Waals surface area (Å²) in [7, 11) is 0. The van der Waals surface area contributed by atoms with Crippen LogP contribution in [-0.4, -0.2) is 41.6 Å². The third-order valence-corrected chi connectivity index (χ3v) is 2.80. The predicted molar refractivity (Wildman–Crippen MR) is 75.5 cm³/mol. The van der Waals surface area contributed by atoms with E-state index in [1.807, 2.05) is 33.8 Å². The van der Waals surface area contributed by atoms with Gasteiger partial charge in [0.15, 0.2) is 5.78 Å². The quantitative estimate of drug-likeness (QED) is 0.817. The van der Waals surface area contributed by atoms with Crippen molar-refractivity contribution in [3.8, 4) is 0 Å². The Morgan fingerprint density at radius 2 is 2.05 bits per heavy atom. The van der Waals surface area contributed by atoms with Gasteiger partial charge in [0.2, 0.25) is 0 Å². The average Bonchev–Trinajstić information content (AvgIpc) is 2.40. The lowest BCUT2D eigenvalue weighted by atomic mass is 10.2. The number of aromatic nitrogens is 2. The largest absolute Gasteiger partial charge is 0.367 e. The number of morpholine rings is 1. The van der Waals surface area contributed by atoms with Crippen LogP contribution in [0.15, 0.2) is 6.07 Å². The number of ketones is 1. The Labute approximate surface area is 115 Å². The number of Topliss-reactive ketones (excluding diaryl/α,β-unsaturated/α-hetero) is 1. The molecule has 19 heavy (non-hydrogen) atoms. The number of ether oxygens (including phenoxy) is 1. The van der Waals surface area contributed by atoms with E-state index in [1.165, 1.54) is 0 Å². The Balaban J connectivity index is 0.000000861. The monoisotopic (exact) mass is 265 g/mol. The minimum atomic E-state index is -0.334. The van der Waals surface area contributed by atoms with Crippen molar-refractivity contribution in [2.24, 2.45) is 0 Å². The van der Waals surface area contributed by atoms with E-state index in [0.717, 1.165) is 23.9 Å². The number of hydrogen-bond donors (Lipinski definition) is 0. The molecule has 1 aliphatic rings. The van der Waals surface area contributed by atoms with Crippen LogP contribution in [-0.2, 0) is 9.53 Å². The fourth-order valence-corrected chi connectivity index (χ4v) is 1.96. The highest BCUT2D eigenvalue weighted by Crippen LogP contribution is 2.16. The smallest absolute Gasteiger partial charge is 0.160 e. The number of carbonyl (C=O) groups is 1. The molecule has 0 aromatic carbocycles. The maximum atomic E-state index is 11.3. The van der Waals surface area contributed by atoms with Gasteiger partial charge < -0.3 is 9.64 Å². The Kier molecular flexibility index (Phi) is 5.89. The predicted octanol–water partition coefficient (Wildman–Crippen LogP) is 1.91. The summed E-state index contributed by atoms with van der Waals surface area (Å²) in [6, 6.07) is 1.94. The molecule has 0 spiro atoms. The molecular weight excluding hydrogens is 242 g/mol. The zero-order chi connectivity index (χ0) is 14.4. The first-order chi connectivity index (χ1) is 9.06. The average molecular weight is 265 g/mol. The second kappa shape index (κ2) is 7.19. The number of rotatable bonds is 2. The Morgan fingerprint density at radius 1 is 1.37 bits per heavy atom. The first-order valence-electron chi connectivity index (χ1n) is 6.75. The van der Waals surface area contributed by atoms with Crippen molar-refractivity contribution in [1.82, 2.24) is 9.97 Å². The summed E-state index contributed by atoms with van der Waals surface area (Å²) >= 11 is 0. The van der Waals surface area contributed by atoms with Crippen LogP contribution in [0, 0.1) is 13.8 Å². The van der Waals surface area contributed by atoms with E-state index in [-0.39, 0.29) is 11.9 Å². The molecule has 0 amide bonds. The zero-order valence-electron chi connectivity index (χ0n) is 12.4. The minimum Gasteiger partial charge on any atom is -0.367 e. The maximum absolute atomic E-state index is 11.3. The van der Waals surface area contributed by atoms with Crippen molar-refractivity contribution in [2.45, 2.75) is 40.7 Å². The first-order valence-corrected chi connectivity index (χ1v) is 6.75. The normalized spacial score (nSPS) is 18.6. The highest BCUT2D eigenvalue weighted by atomic mass is 16.5. The van der Waals surface area contributed by atoms with E-state index in [0.29, 0.717) is 13.2 Å². The van der Waals surface area contributed by atoms with Gasteiger partial charge >= 0.3 is 0 Å². The number of carbonyl (C=O) groups excluding carboxylic acids is 1. The van der Waals surface area contributed by atoms with Crippen LogP contribution in [0.3, 0.4) is 0 Å². The van der Waals surface area contributed by atoms with E-state index in [1.54, 1.807) is 6.92 Å². The lowest BCUT2D eigenvalue weighted by molar-refractivity contribution is -0.128. The molecular formula is C14H23N3O2. The Hall–Kier alpha value is -1.49. The molecule has 5 nitrogen and oxygen atoms in total. The molecule has 1 saturated heterocycles. The van der Waals surface area contributed by atoms with Crippen LogP contribution in [0.5, 0.6) is 0 Å². The van der Waals surface area contributed by atoms with E-state index >= 15 is 0 Å². The number of aryl methyl sites for hydroxylation is 2. The second-order valence-corrected chi connectivity index (χ2v) is 4.33. The van der Waals surface area contributed by atoms with Gasteiger partial charge in [-0.05, 0) is 20.8 Å². The summed E-state index contributed by atoms with van der Waals surface area (Å²) < 4.78 is 5.42. The van der Waals surface area contributed by atoms with Crippen molar-refractivity contribution in [3.63, 3.8) is 0 Å². The zero-order valence-corrected chi connectivity index (χ0v) is 12.4. The molecule has 1 aliphatic heterocycles. The molecule has 2 heterocycles. The van der Waals surface area contributed by atoms with Gasteiger partial charge in [0, 0.05) is 18.3 Å². The van der Waals surface area contributed by atoms with Crippen LogP contribution < -0.4 is 4.90 Å². The minimum absolute atomic E-state index is 0.0669. The van der Waals surface area contributed by atoms with Crippen LogP contribution in [0.25, 0.3) is 0 Å². The molecule has 0 N–H and O–H groups in total. The molecule has 0 saturated carbocycles. The molecule has 0 aliphatic carbocycles. The van der Waals surface area contributed by atoms with Crippen molar-refractivity contribution in [3.05, 3.63) is 17.6 Å². The summed E-state index contributed by atoms with van der Waals surface area (Å²) in [5, 5.41) is 0. The van der Waals surface area contributed by atoms with Gasteiger partial charge in [0.25, 0.3) is 0 Å². The highest BCUT2D eigenvalue weighted by molar-refractivity contribution is 5.81. The summed E-state index contributed by atoms with van der Waals surface area (Å²) in [5.41, 5.74) is 0.943. The summed E-state index contributed by atoms with van der Waals surface area (Å²) in [4.78, 5) is 22.1. The van der Waals surface area contributed by atoms with Gasteiger partial charge in [-0.1, -0.05) is 13.8 Å². The Bertz CT molecular complexity index is 414. The molecule has 1 unspecified atom stereocenters. The standard InChI is InChI=1S/C12H17N3O2.C2H6/c1-8-6-12(14-10(3)13-8)15-4-5-17-11(7-15)9(2)16;1-2/h6,11H,4-5,7H2,1-3H3;1-2H3. The summed E-state index contributed by atoms with van der Waals surface area (Å²) in [6.07, 6.45) is -0.334. The molecule has 1 atom stereocenters. The van der Waals surface area contributed by atoms with Crippen LogP contribution >= 0.6 is 0 Å². The summed E-state index contributed by atoms with van der Waals surface area (Å²) in [6.45, 7) is 11.3. The molecule has 1 aromatic rings. The topological polar surface area (TPSA) is 55.3 Å².